The van der Waals surface area contributed by atoms with Gasteiger partial charge in [-0.05, 0) is 17.7 Å². The molecule has 0 saturated heterocycles. The van der Waals surface area contributed by atoms with Gasteiger partial charge in [0, 0.05) is 0 Å². The zero-order valence-corrected chi connectivity index (χ0v) is 11.4. The predicted octanol–water partition coefficient (Wildman–Crippen LogP) is 0.925. The monoisotopic (exact) mass is 302 g/mol. The standard InChI is InChI=1S/C16H14O6/c17-13(14(18)19)16(21,11-7-3-1-4-8-11)15(20)22-12-9-5-2-6-10-12/h1-10,13,17,21H,(H,18,19). The number of carboxylic acid groups (broad SMARTS) is 1. The lowest BCUT2D eigenvalue weighted by Gasteiger charge is -2.28. The van der Waals surface area contributed by atoms with Gasteiger partial charge in [-0.2, -0.15) is 0 Å². The van der Waals surface area contributed by atoms with Crippen LogP contribution < -0.4 is 4.74 Å². The second-order valence-electron chi connectivity index (χ2n) is 4.58. The molecule has 0 heterocycles. The third-order valence-electron chi connectivity index (χ3n) is 3.11. The van der Waals surface area contributed by atoms with Crippen molar-refractivity contribution in [2.24, 2.45) is 0 Å². The van der Waals surface area contributed by atoms with Gasteiger partial charge in [0.1, 0.15) is 5.75 Å². The fraction of sp³-hybridized carbons (Fsp3) is 0.125. The van der Waals surface area contributed by atoms with Crippen LogP contribution in [0.2, 0.25) is 0 Å². The lowest BCUT2D eigenvalue weighted by molar-refractivity contribution is -0.183. The first-order valence-electron chi connectivity index (χ1n) is 6.42. The fourth-order valence-electron chi connectivity index (χ4n) is 1.93. The van der Waals surface area contributed by atoms with Crippen LogP contribution in [0, 0.1) is 0 Å². The number of hydrogen-bond acceptors (Lipinski definition) is 5. The molecule has 2 aromatic rings. The summed E-state index contributed by atoms with van der Waals surface area (Å²) >= 11 is 0. The number of aliphatic hydroxyl groups excluding tert-OH is 1. The van der Waals surface area contributed by atoms with Gasteiger partial charge in [0.25, 0.3) is 0 Å². The quantitative estimate of drug-likeness (QED) is 0.560. The van der Waals surface area contributed by atoms with Gasteiger partial charge < -0.3 is 20.1 Å². The number of carboxylic acids is 1. The first-order valence-corrected chi connectivity index (χ1v) is 6.42. The predicted molar refractivity (Wildman–Crippen MR) is 76.1 cm³/mol. The summed E-state index contributed by atoms with van der Waals surface area (Å²) in [6, 6.07) is 15.2. The van der Waals surface area contributed by atoms with Crippen molar-refractivity contribution in [2.45, 2.75) is 11.7 Å². The van der Waals surface area contributed by atoms with Gasteiger partial charge in [-0.3, -0.25) is 0 Å². The Balaban J connectivity index is 2.40. The summed E-state index contributed by atoms with van der Waals surface area (Å²) in [6.45, 7) is 0. The molecule has 22 heavy (non-hydrogen) atoms. The van der Waals surface area contributed by atoms with Gasteiger partial charge in [0.05, 0.1) is 0 Å². The first kappa shape index (κ1) is 15.7. The number of benzene rings is 2. The van der Waals surface area contributed by atoms with Gasteiger partial charge in [-0.1, -0.05) is 48.5 Å². The number of para-hydroxylation sites is 1. The Bertz CT molecular complexity index is 655. The summed E-state index contributed by atoms with van der Waals surface area (Å²) < 4.78 is 4.99. The molecule has 114 valence electrons. The Kier molecular flexibility index (Phi) is 4.55. The Morgan fingerprint density at radius 2 is 1.45 bits per heavy atom. The normalized spacial score (nSPS) is 14.6. The van der Waals surface area contributed by atoms with Crippen molar-refractivity contribution in [3.63, 3.8) is 0 Å². The van der Waals surface area contributed by atoms with Crippen LogP contribution in [-0.2, 0) is 15.2 Å². The minimum absolute atomic E-state index is 0.0779. The van der Waals surface area contributed by atoms with Crippen LogP contribution in [0.4, 0.5) is 0 Å². The van der Waals surface area contributed by atoms with E-state index in [4.69, 9.17) is 9.84 Å². The van der Waals surface area contributed by atoms with Crippen molar-refractivity contribution < 1.29 is 29.6 Å². The minimum atomic E-state index is -2.72. The van der Waals surface area contributed by atoms with Crippen molar-refractivity contribution in [1.29, 1.82) is 0 Å². The average molecular weight is 302 g/mol. The molecular weight excluding hydrogens is 288 g/mol. The molecule has 0 bridgehead atoms. The SMILES string of the molecule is O=C(O)C(O)C(O)(C(=O)Oc1ccccc1)c1ccccc1. The number of ether oxygens (including phenoxy) is 1. The largest absolute Gasteiger partial charge is 0.479 e. The van der Waals surface area contributed by atoms with Crippen LogP contribution >= 0.6 is 0 Å². The van der Waals surface area contributed by atoms with Crippen molar-refractivity contribution in [3.05, 3.63) is 66.2 Å². The molecule has 2 rings (SSSR count). The van der Waals surface area contributed by atoms with Crippen molar-refractivity contribution >= 4 is 11.9 Å². The molecule has 0 aliphatic rings. The molecule has 0 aromatic heterocycles. The van der Waals surface area contributed by atoms with Crippen LogP contribution in [0.1, 0.15) is 5.56 Å². The Hall–Kier alpha value is -2.70. The lowest BCUT2D eigenvalue weighted by Crippen LogP contribution is -2.52. The summed E-state index contributed by atoms with van der Waals surface area (Å²) in [5.41, 5.74) is -2.80. The second-order valence-corrected chi connectivity index (χ2v) is 4.58. The number of carbonyl (C=O) groups is 2. The molecule has 2 aromatic carbocycles. The number of aliphatic hydroxyl groups is 2. The van der Waals surface area contributed by atoms with Gasteiger partial charge >= 0.3 is 11.9 Å². The molecule has 2 unspecified atom stereocenters. The molecule has 0 amide bonds. The van der Waals surface area contributed by atoms with Crippen LogP contribution in [0.5, 0.6) is 5.75 Å². The van der Waals surface area contributed by atoms with E-state index < -0.39 is 23.6 Å². The Morgan fingerprint density at radius 1 is 0.955 bits per heavy atom. The summed E-state index contributed by atoms with van der Waals surface area (Å²) in [7, 11) is 0. The van der Waals surface area contributed by atoms with Gasteiger partial charge in [0.15, 0.2) is 6.10 Å². The first-order chi connectivity index (χ1) is 10.5. The molecule has 2 atom stereocenters. The van der Waals surface area contributed by atoms with Crippen molar-refractivity contribution in [2.75, 3.05) is 0 Å². The van der Waals surface area contributed by atoms with E-state index in [2.05, 4.69) is 0 Å². The highest BCUT2D eigenvalue weighted by Crippen LogP contribution is 2.28. The summed E-state index contributed by atoms with van der Waals surface area (Å²) in [5, 5.41) is 29.3. The summed E-state index contributed by atoms with van der Waals surface area (Å²) in [6.07, 6.45) is -2.37. The van der Waals surface area contributed by atoms with E-state index in [1.54, 1.807) is 24.3 Å². The number of carbonyl (C=O) groups excluding carboxylic acids is 1. The molecule has 0 radical (unpaired) electrons. The highest BCUT2D eigenvalue weighted by Gasteiger charge is 2.50. The van der Waals surface area contributed by atoms with E-state index in [1.165, 1.54) is 36.4 Å². The average Bonchev–Trinajstić information content (AvgIpc) is 2.55. The summed E-state index contributed by atoms with van der Waals surface area (Å²) in [4.78, 5) is 23.3. The highest BCUT2D eigenvalue weighted by molar-refractivity contribution is 5.90. The van der Waals surface area contributed by atoms with Crippen LogP contribution in [-0.4, -0.2) is 33.4 Å². The third kappa shape index (κ3) is 2.98. The van der Waals surface area contributed by atoms with E-state index in [-0.39, 0.29) is 11.3 Å². The maximum absolute atomic E-state index is 12.3. The molecule has 0 fully saturated rings. The molecule has 0 saturated carbocycles. The number of hydrogen-bond donors (Lipinski definition) is 3. The fourth-order valence-corrected chi connectivity index (χ4v) is 1.93. The molecule has 3 N–H and O–H groups in total. The second kappa shape index (κ2) is 6.38. The van der Waals surface area contributed by atoms with Gasteiger partial charge in [-0.15, -0.1) is 0 Å². The number of esters is 1. The van der Waals surface area contributed by atoms with Crippen LogP contribution in [0.15, 0.2) is 60.7 Å². The number of rotatable bonds is 5. The topological polar surface area (TPSA) is 104 Å². The van der Waals surface area contributed by atoms with Gasteiger partial charge in [-0.25, -0.2) is 9.59 Å². The van der Waals surface area contributed by atoms with E-state index in [0.717, 1.165) is 0 Å². The van der Waals surface area contributed by atoms with E-state index in [9.17, 15) is 19.8 Å². The van der Waals surface area contributed by atoms with Crippen molar-refractivity contribution in [1.82, 2.24) is 0 Å². The number of aliphatic carboxylic acids is 1. The summed E-state index contributed by atoms with van der Waals surface area (Å²) in [5.74, 6) is -2.89. The van der Waals surface area contributed by atoms with Crippen LogP contribution in [0.25, 0.3) is 0 Å². The molecule has 6 nitrogen and oxygen atoms in total. The lowest BCUT2D eigenvalue weighted by atomic mass is 9.88. The molecule has 0 aliphatic carbocycles. The zero-order chi connectivity index (χ0) is 16.2. The minimum Gasteiger partial charge on any atom is -0.479 e. The van der Waals surface area contributed by atoms with Gasteiger partial charge in [0.2, 0.25) is 5.60 Å². The van der Waals surface area contributed by atoms with Crippen LogP contribution in [0.3, 0.4) is 0 Å². The maximum Gasteiger partial charge on any atom is 0.351 e. The van der Waals surface area contributed by atoms with E-state index in [1.807, 2.05) is 0 Å². The molecule has 0 spiro atoms. The Morgan fingerprint density at radius 3 is 1.95 bits per heavy atom. The molecular formula is C16H14O6. The molecule has 6 heteroatoms. The van der Waals surface area contributed by atoms with E-state index in [0.29, 0.717) is 0 Å². The zero-order valence-electron chi connectivity index (χ0n) is 11.4. The smallest absolute Gasteiger partial charge is 0.351 e. The Labute approximate surface area is 126 Å². The van der Waals surface area contributed by atoms with Crippen molar-refractivity contribution in [3.8, 4) is 5.75 Å². The molecule has 0 aliphatic heterocycles. The van der Waals surface area contributed by atoms with E-state index >= 15 is 0 Å². The highest BCUT2D eigenvalue weighted by atomic mass is 16.6. The third-order valence-corrected chi connectivity index (χ3v) is 3.11. The maximum atomic E-state index is 12.3.